The number of nitrogens with one attached hydrogen (secondary N) is 1. The van der Waals surface area contributed by atoms with Crippen molar-refractivity contribution in [2.75, 3.05) is 12.4 Å². The van der Waals surface area contributed by atoms with Crippen LogP contribution >= 0.6 is 15.9 Å². The van der Waals surface area contributed by atoms with Crippen LogP contribution in [0, 0.1) is 5.82 Å². The van der Waals surface area contributed by atoms with Crippen LogP contribution < -0.4 is 10.1 Å². The zero-order valence-corrected chi connectivity index (χ0v) is 13.0. The van der Waals surface area contributed by atoms with Crippen molar-refractivity contribution in [3.8, 4) is 5.75 Å². The number of hydrogen-bond donors (Lipinski definition) is 1. The number of hydrogen-bond acceptors (Lipinski definition) is 2. The van der Waals surface area contributed by atoms with Crippen LogP contribution in [-0.2, 0) is 0 Å². The molecule has 106 valence electrons. The molecule has 1 N–H and O–H groups in total. The number of amides is 1. The number of carbonyl (C=O) groups excluding carboxylic acids is 1. The fourth-order valence-corrected chi connectivity index (χ4v) is 2.78. The maximum atomic E-state index is 13.8. The Bertz CT molecular complexity index is 439. The van der Waals surface area contributed by atoms with E-state index in [1.807, 2.05) is 13.8 Å². The summed E-state index contributed by atoms with van der Waals surface area (Å²) in [5.41, 5.74) is -0.415. The summed E-state index contributed by atoms with van der Waals surface area (Å²) in [7, 11) is 1.42. The van der Waals surface area contributed by atoms with Gasteiger partial charge >= 0.3 is 0 Å². The summed E-state index contributed by atoms with van der Waals surface area (Å²) in [6, 6.07) is 4.35. The molecule has 1 rings (SSSR count). The second kappa shape index (κ2) is 6.89. The van der Waals surface area contributed by atoms with Gasteiger partial charge < -0.3 is 10.1 Å². The van der Waals surface area contributed by atoms with Crippen LogP contribution in [0.25, 0.3) is 0 Å². The fourth-order valence-electron chi connectivity index (χ4n) is 1.85. The molecule has 0 fully saturated rings. The number of alkyl halides is 1. The van der Waals surface area contributed by atoms with E-state index in [9.17, 15) is 9.18 Å². The first kappa shape index (κ1) is 16.0. The molecular formula is C14H19BrFNO2. The fraction of sp³-hybridized carbons (Fsp3) is 0.500. The third kappa shape index (κ3) is 3.47. The van der Waals surface area contributed by atoms with Crippen LogP contribution in [0.1, 0.15) is 37.0 Å². The van der Waals surface area contributed by atoms with Gasteiger partial charge in [-0.3, -0.25) is 4.79 Å². The lowest BCUT2D eigenvalue weighted by atomic mass is 9.95. The van der Waals surface area contributed by atoms with Gasteiger partial charge in [-0.2, -0.15) is 0 Å². The highest BCUT2D eigenvalue weighted by atomic mass is 79.9. The Morgan fingerprint density at radius 3 is 2.53 bits per heavy atom. The quantitative estimate of drug-likeness (QED) is 0.810. The first-order valence-corrected chi connectivity index (χ1v) is 7.36. The number of benzene rings is 1. The third-order valence-electron chi connectivity index (χ3n) is 3.41. The van der Waals surface area contributed by atoms with E-state index in [1.54, 1.807) is 6.07 Å². The SMILES string of the molecule is CCC(CC)(CBr)NC(=O)c1c(F)cccc1OC. The Kier molecular flexibility index (Phi) is 5.79. The van der Waals surface area contributed by atoms with E-state index in [2.05, 4.69) is 21.2 Å². The van der Waals surface area contributed by atoms with Crippen LogP contribution in [0.3, 0.4) is 0 Å². The second-order valence-electron chi connectivity index (χ2n) is 4.39. The van der Waals surface area contributed by atoms with Crippen LogP contribution in [-0.4, -0.2) is 23.9 Å². The van der Waals surface area contributed by atoms with Crippen molar-refractivity contribution in [3.05, 3.63) is 29.6 Å². The van der Waals surface area contributed by atoms with E-state index >= 15 is 0 Å². The largest absolute Gasteiger partial charge is 0.496 e. The molecule has 0 saturated carbocycles. The minimum Gasteiger partial charge on any atom is -0.496 e. The minimum atomic E-state index is -0.576. The van der Waals surface area contributed by atoms with Gasteiger partial charge in [0.1, 0.15) is 17.1 Å². The van der Waals surface area contributed by atoms with Crippen molar-refractivity contribution in [2.45, 2.75) is 32.2 Å². The van der Waals surface area contributed by atoms with Crippen LogP contribution in [0.15, 0.2) is 18.2 Å². The molecule has 1 amide bonds. The Morgan fingerprint density at radius 1 is 1.42 bits per heavy atom. The van der Waals surface area contributed by atoms with E-state index in [1.165, 1.54) is 19.2 Å². The maximum absolute atomic E-state index is 13.8. The lowest BCUT2D eigenvalue weighted by Gasteiger charge is -2.31. The number of rotatable bonds is 6. The summed E-state index contributed by atoms with van der Waals surface area (Å²) < 4.78 is 18.9. The van der Waals surface area contributed by atoms with E-state index in [0.29, 0.717) is 5.33 Å². The van der Waals surface area contributed by atoms with Crippen LogP contribution in [0.4, 0.5) is 4.39 Å². The van der Waals surface area contributed by atoms with Crippen molar-refractivity contribution < 1.29 is 13.9 Å². The minimum absolute atomic E-state index is 0.0442. The molecule has 0 bridgehead atoms. The standard InChI is InChI=1S/C14H19BrFNO2/c1-4-14(5-2,9-15)17-13(18)12-10(16)7-6-8-11(12)19-3/h6-8H,4-5,9H2,1-3H3,(H,17,18). The molecule has 0 spiro atoms. The highest BCUT2D eigenvalue weighted by Gasteiger charge is 2.29. The van der Waals surface area contributed by atoms with E-state index in [-0.39, 0.29) is 16.9 Å². The van der Waals surface area contributed by atoms with Gasteiger partial charge in [-0.15, -0.1) is 0 Å². The maximum Gasteiger partial charge on any atom is 0.258 e. The molecule has 0 aliphatic carbocycles. The predicted octanol–water partition coefficient (Wildman–Crippen LogP) is 3.52. The Labute approximate surface area is 121 Å². The molecule has 0 radical (unpaired) electrons. The van der Waals surface area contributed by atoms with Crippen LogP contribution in [0.5, 0.6) is 5.75 Å². The van der Waals surface area contributed by atoms with Gasteiger partial charge in [-0.05, 0) is 25.0 Å². The van der Waals surface area contributed by atoms with Gasteiger partial charge in [-0.1, -0.05) is 35.8 Å². The van der Waals surface area contributed by atoms with Gasteiger partial charge in [0.15, 0.2) is 0 Å². The highest BCUT2D eigenvalue weighted by Crippen LogP contribution is 2.24. The second-order valence-corrected chi connectivity index (χ2v) is 4.95. The van der Waals surface area contributed by atoms with Gasteiger partial charge in [0.05, 0.1) is 7.11 Å². The Morgan fingerprint density at radius 2 is 2.05 bits per heavy atom. The monoisotopic (exact) mass is 331 g/mol. The molecule has 0 unspecified atom stereocenters. The summed E-state index contributed by atoms with van der Waals surface area (Å²) in [6.07, 6.45) is 1.52. The normalized spacial score (nSPS) is 11.2. The number of ether oxygens (including phenoxy) is 1. The third-order valence-corrected chi connectivity index (χ3v) is 4.48. The lowest BCUT2D eigenvalue weighted by Crippen LogP contribution is -2.49. The average Bonchev–Trinajstić information content (AvgIpc) is 2.44. The first-order chi connectivity index (χ1) is 9.03. The van der Waals surface area contributed by atoms with Crippen molar-refractivity contribution in [3.63, 3.8) is 0 Å². The lowest BCUT2D eigenvalue weighted by molar-refractivity contribution is 0.0896. The van der Waals surface area contributed by atoms with Gasteiger partial charge in [0.25, 0.3) is 5.91 Å². The summed E-state index contributed by atoms with van der Waals surface area (Å²) in [5.74, 6) is -0.779. The zero-order chi connectivity index (χ0) is 14.5. The van der Waals surface area contributed by atoms with E-state index < -0.39 is 11.7 Å². The van der Waals surface area contributed by atoms with Crippen molar-refractivity contribution in [2.24, 2.45) is 0 Å². The summed E-state index contributed by atoms with van der Waals surface area (Å²) in [5, 5.41) is 3.53. The molecule has 0 saturated heterocycles. The molecule has 19 heavy (non-hydrogen) atoms. The molecule has 1 aromatic carbocycles. The smallest absolute Gasteiger partial charge is 0.258 e. The highest BCUT2D eigenvalue weighted by molar-refractivity contribution is 9.09. The van der Waals surface area contributed by atoms with Crippen LogP contribution in [0.2, 0.25) is 0 Å². The summed E-state index contributed by atoms with van der Waals surface area (Å²) >= 11 is 3.41. The Balaban J connectivity index is 3.07. The summed E-state index contributed by atoms with van der Waals surface area (Å²) in [4.78, 5) is 12.3. The molecular weight excluding hydrogens is 313 g/mol. The predicted molar refractivity (Wildman–Crippen MR) is 77.5 cm³/mol. The molecule has 0 aromatic heterocycles. The molecule has 0 atom stereocenters. The topological polar surface area (TPSA) is 38.3 Å². The van der Waals surface area contributed by atoms with Gasteiger partial charge in [-0.25, -0.2) is 4.39 Å². The van der Waals surface area contributed by atoms with Crippen molar-refractivity contribution in [1.82, 2.24) is 5.32 Å². The Hall–Kier alpha value is -1.10. The van der Waals surface area contributed by atoms with Crippen molar-refractivity contribution >= 4 is 21.8 Å². The number of halogens is 2. The van der Waals surface area contributed by atoms with Gasteiger partial charge in [0, 0.05) is 10.9 Å². The van der Waals surface area contributed by atoms with Gasteiger partial charge in [0.2, 0.25) is 0 Å². The molecule has 0 aliphatic heterocycles. The molecule has 1 aromatic rings. The number of methoxy groups -OCH3 is 1. The summed E-state index contributed by atoms with van der Waals surface area (Å²) in [6.45, 7) is 3.98. The van der Waals surface area contributed by atoms with Crippen molar-refractivity contribution in [1.29, 1.82) is 0 Å². The molecule has 3 nitrogen and oxygen atoms in total. The molecule has 5 heteroatoms. The first-order valence-electron chi connectivity index (χ1n) is 6.24. The van der Waals surface area contributed by atoms with E-state index in [0.717, 1.165) is 12.8 Å². The molecule has 0 aliphatic rings. The number of carbonyl (C=O) groups is 1. The van der Waals surface area contributed by atoms with E-state index in [4.69, 9.17) is 4.74 Å². The molecule has 0 heterocycles. The average molecular weight is 332 g/mol. The zero-order valence-electron chi connectivity index (χ0n) is 11.4.